The Morgan fingerprint density at radius 1 is 1.00 bits per heavy atom. The fourth-order valence-electron chi connectivity index (χ4n) is 4.52. The standard InChI is InChI=1S/C26H22F3NO5S.H2/c1-30-36(32,33)19-6-3-17(4-7-19)20-12-16(2-8-21(20)26(27,28)29)13-24(31)25(10-11-25)18-5-9-22-23(14-18)35-15-34-22;/h2-9,12,14,30H,10-11,13,15H2,1H3;1H. The molecule has 0 bridgehead atoms. The smallest absolute Gasteiger partial charge is 0.417 e. The number of rotatable bonds is 7. The lowest BCUT2D eigenvalue weighted by Crippen LogP contribution is -2.22. The maximum absolute atomic E-state index is 13.8. The highest BCUT2D eigenvalue weighted by Gasteiger charge is 2.51. The third kappa shape index (κ3) is 4.35. The number of hydrogen-bond acceptors (Lipinski definition) is 5. The van der Waals surface area contributed by atoms with Gasteiger partial charge in [-0.3, -0.25) is 4.79 Å². The Labute approximate surface area is 207 Å². The lowest BCUT2D eigenvalue weighted by molar-refractivity contribution is -0.137. The molecule has 1 fully saturated rings. The summed E-state index contributed by atoms with van der Waals surface area (Å²) in [5.41, 5.74) is -0.211. The quantitative estimate of drug-likeness (QED) is 0.470. The molecule has 0 radical (unpaired) electrons. The Morgan fingerprint density at radius 3 is 2.33 bits per heavy atom. The largest absolute Gasteiger partial charge is 0.454 e. The van der Waals surface area contributed by atoms with Gasteiger partial charge in [0.1, 0.15) is 5.78 Å². The number of sulfonamides is 1. The number of carbonyl (C=O) groups is 1. The van der Waals surface area contributed by atoms with Crippen molar-refractivity contribution in [3.05, 3.63) is 77.4 Å². The number of alkyl halides is 3. The minimum atomic E-state index is -4.63. The molecule has 0 atom stereocenters. The van der Waals surface area contributed by atoms with Gasteiger partial charge in [-0.2, -0.15) is 13.2 Å². The van der Waals surface area contributed by atoms with Crippen LogP contribution >= 0.6 is 0 Å². The monoisotopic (exact) mass is 519 g/mol. The van der Waals surface area contributed by atoms with Crippen LogP contribution in [-0.4, -0.2) is 28.0 Å². The number of halogens is 3. The predicted molar refractivity (Wildman–Crippen MR) is 127 cm³/mol. The molecule has 0 unspecified atom stereocenters. The van der Waals surface area contributed by atoms with Crippen LogP contribution in [-0.2, 0) is 32.8 Å². The Bertz CT molecular complexity index is 1450. The first-order chi connectivity index (χ1) is 17.0. The van der Waals surface area contributed by atoms with Gasteiger partial charge in [-0.1, -0.05) is 30.3 Å². The lowest BCUT2D eigenvalue weighted by atomic mass is 9.86. The summed E-state index contributed by atoms with van der Waals surface area (Å²) in [6.07, 6.45) is -3.36. The molecule has 1 N–H and O–H groups in total. The average molecular weight is 520 g/mol. The van der Waals surface area contributed by atoms with Gasteiger partial charge in [0.2, 0.25) is 16.8 Å². The van der Waals surface area contributed by atoms with Crippen molar-refractivity contribution in [3.63, 3.8) is 0 Å². The number of benzene rings is 3. The van der Waals surface area contributed by atoms with E-state index in [4.69, 9.17) is 9.47 Å². The molecule has 190 valence electrons. The van der Waals surface area contributed by atoms with Crippen LogP contribution in [0.3, 0.4) is 0 Å². The number of fused-ring (bicyclic) bond motifs is 1. The molecule has 0 spiro atoms. The van der Waals surface area contributed by atoms with Gasteiger partial charge < -0.3 is 9.47 Å². The fraction of sp³-hybridized carbons (Fsp3) is 0.269. The van der Waals surface area contributed by atoms with Crippen LogP contribution in [0.5, 0.6) is 11.5 Å². The van der Waals surface area contributed by atoms with Crippen LogP contribution in [0.1, 0.15) is 31.0 Å². The minimum absolute atomic E-state index is 0. The molecule has 36 heavy (non-hydrogen) atoms. The van der Waals surface area contributed by atoms with E-state index in [1.807, 2.05) is 6.07 Å². The Kier molecular flexibility index (Phi) is 5.83. The fourth-order valence-corrected chi connectivity index (χ4v) is 5.25. The van der Waals surface area contributed by atoms with Crippen LogP contribution in [0, 0.1) is 0 Å². The third-order valence-electron chi connectivity index (χ3n) is 6.71. The van der Waals surface area contributed by atoms with E-state index in [9.17, 15) is 26.4 Å². The number of carbonyl (C=O) groups excluding carboxylic acids is 1. The van der Waals surface area contributed by atoms with E-state index in [0.717, 1.165) is 11.6 Å². The topological polar surface area (TPSA) is 81.7 Å². The molecule has 5 rings (SSSR count). The third-order valence-corrected chi connectivity index (χ3v) is 8.14. The zero-order valence-electron chi connectivity index (χ0n) is 19.2. The van der Waals surface area contributed by atoms with Gasteiger partial charge in [0.15, 0.2) is 11.5 Å². The van der Waals surface area contributed by atoms with Gasteiger partial charge in [0.05, 0.1) is 15.9 Å². The highest BCUT2D eigenvalue weighted by Crippen LogP contribution is 2.51. The average Bonchev–Trinajstić information content (AvgIpc) is 3.54. The van der Waals surface area contributed by atoms with Crippen molar-refractivity contribution < 1.29 is 37.3 Å². The van der Waals surface area contributed by atoms with Crippen LogP contribution in [0.4, 0.5) is 13.2 Å². The molecule has 0 aromatic heterocycles. The summed E-state index contributed by atoms with van der Waals surface area (Å²) in [7, 11) is -2.48. The first kappa shape index (κ1) is 24.3. The second-order valence-corrected chi connectivity index (χ2v) is 10.7. The summed E-state index contributed by atoms with van der Waals surface area (Å²) in [6.45, 7) is 0.121. The summed E-state index contributed by atoms with van der Waals surface area (Å²) < 4.78 is 78.3. The normalized spacial score (nSPS) is 16.1. The Balaban J connectivity index is 0.00000320. The van der Waals surface area contributed by atoms with Crippen molar-refractivity contribution in [1.29, 1.82) is 0 Å². The van der Waals surface area contributed by atoms with Crippen molar-refractivity contribution in [1.82, 2.24) is 4.72 Å². The Morgan fingerprint density at radius 2 is 1.69 bits per heavy atom. The van der Waals surface area contributed by atoms with Crippen LogP contribution in [0.25, 0.3) is 11.1 Å². The zero-order chi connectivity index (χ0) is 25.7. The molecule has 2 aliphatic rings. The molecule has 3 aromatic carbocycles. The van der Waals surface area contributed by atoms with Crippen molar-refractivity contribution in [2.45, 2.75) is 35.7 Å². The van der Waals surface area contributed by atoms with Gasteiger partial charge in [-0.25, -0.2) is 13.1 Å². The van der Waals surface area contributed by atoms with E-state index >= 15 is 0 Å². The SMILES string of the molecule is CNS(=O)(=O)c1ccc(-c2cc(CC(=O)C3(c4ccc5c(c4)OCO5)CC3)ccc2C(F)(F)F)cc1.[HH]. The maximum atomic E-state index is 13.8. The van der Waals surface area contributed by atoms with E-state index < -0.39 is 27.2 Å². The summed E-state index contributed by atoms with van der Waals surface area (Å²) in [5.74, 6) is 1.11. The van der Waals surface area contributed by atoms with Gasteiger partial charge in [0, 0.05) is 7.85 Å². The van der Waals surface area contributed by atoms with Crippen LogP contribution in [0.15, 0.2) is 65.6 Å². The number of ether oxygens (including phenoxy) is 2. The van der Waals surface area contributed by atoms with Crippen molar-refractivity contribution in [2.24, 2.45) is 0 Å². The van der Waals surface area contributed by atoms with Crippen molar-refractivity contribution in [2.75, 3.05) is 13.8 Å². The van der Waals surface area contributed by atoms with Gasteiger partial charge in [0.25, 0.3) is 0 Å². The lowest BCUT2D eigenvalue weighted by Gasteiger charge is -2.18. The van der Waals surface area contributed by atoms with Crippen molar-refractivity contribution >= 4 is 15.8 Å². The number of ketones is 1. The molecule has 0 amide bonds. The number of nitrogens with one attached hydrogen (secondary N) is 1. The highest BCUT2D eigenvalue weighted by molar-refractivity contribution is 7.89. The molecule has 3 aromatic rings. The Hall–Kier alpha value is -3.37. The summed E-state index contributed by atoms with van der Waals surface area (Å²) in [4.78, 5) is 13.3. The molecule has 1 heterocycles. The van der Waals surface area contributed by atoms with E-state index in [1.165, 1.54) is 43.4 Å². The number of hydrogen-bond donors (Lipinski definition) is 1. The molecule has 1 saturated carbocycles. The second kappa shape index (κ2) is 8.63. The van der Waals surface area contributed by atoms with Crippen LogP contribution < -0.4 is 14.2 Å². The van der Waals surface area contributed by atoms with E-state index in [2.05, 4.69) is 4.72 Å². The molecular formula is C26H24F3NO5S. The molecule has 1 aliphatic carbocycles. The minimum Gasteiger partial charge on any atom is -0.454 e. The van der Waals surface area contributed by atoms with Gasteiger partial charge in [-0.15, -0.1) is 0 Å². The van der Waals surface area contributed by atoms with Crippen molar-refractivity contribution in [3.8, 4) is 22.6 Å². The molecule has 10 heteroatoms. The first-order valence-electron chi connectivity index (χ1n) is 11.2. The number of Topliss-reactive ketones (excluding diaryl/α,β-unsaturated/α-hetero) is 1. The summed E-state index contributed by atoms with van der Waals surface area (Å²) in [6, 6.07) is 14.2. The second-order valence-electron chi connectivity index (χ2n) is 8.86. The summed E-state index contributed by atoms with van der Waals surface area (Å²) in [5, 5.41) is 0. The van der Waals surface area contributed by atoms with E-state index in [-0.39, 0.29) is 36.4 Å². The maximum Gasteiger partial charge on any atom is 0.417 e. The van der Waals surface area contributed by atoms with Gasteiger partial charge >= 0.3 is 6.18 Å². The van der Waals surface area contributed by atoms with Gasteiger partial charge in [-0.05, 0) is 72.5 Å². The molecule has 6 nitrogen and oxygen atoms in total. The highest BCUT2D eigenvalue weighted by atomic mass is 32.2. The predicted octanol–water partition coefficient (Wildman–Crippen LogP) is 5.10. The molecule has 0 saturated heterocycles. The summed E-state index contributed by atoms with van der Waals surface area (Å²) >= 11 is 0. The van der Waals surface area contributed by atoms with E-state index in [1.54, 1.807) is 12.1 Å². The zero-order valence-corrected chi connectivity index (χ0v) is 20.0. The molecular weight excluding hydrogens is 495 g/mol. The van der Waals surface area contributed by atoms with Crippen LogP contribution in [0.2, 0.25) is 0 Å². The molecule has 1 aliphatic heterocycles. The van der Waals surface area contributed by atoms with E-state index in [0.29, 0.717) is 29.9 Å². The first-order valence-corrected chi connectivity index (χ1v) is 12.7.